The number of halogens is 2. The zero-order chi connectivity index (χ0) is 13.1. The van der Waals surface area contributed by atoms with Crippen LogP contribution >= 0.6 is 27.5 Å². The van der Waals surface area contributed by atoms with Gasteiger partial charge in [-0.25, -0.2) is 4.98 Å². The first-order chi connectivity index (χ1) is 8.56. The van der Waals surface area contributed by atoms with Crippen molar-refractivity contribution in [2.75, 3.05) is 11.9 Å². The molecule has 0 N–H and O–H groups in total. The van der Waals surface area contributed by atoms with Crippen LogP contribution in [0.5, 0.6) is 0 Å². The average molecular weight is 326 g/mol. The quantitative estimate of drug-likeness (QED) is 0.829. The Balaban J connectivity index is 2.13. The van der Waals surface area contributed by atoms with Gasteiger partial charge in [0.1, 0.15) is 5.82 Å². The first-order valence-corrected chi connectivity index (χ1v) is 6.82. The molecule has 0 aliphatic rings. The molecule has 0 saturated carbocycles. The van der Waals surface area contributed by atoms with E-state index >= 15 is 0 Å². The first-order valence-electron chi connectivity index (χ1n) is 5.65. The maximum Gasteiger partial charge on any atom is 0.128 e. The van der Waals surface area contributed by atoms with Crippen molar-refractivity contribution >= 4 is 33.3 Å². The summed E-state index contributed by atoms with van der Waals surface area (Å²) in [6.45, 7) is 2.80. The Hall–Kier alpha value is -1.06. The summed E-state index contributed by atoms with van der Waals surface area (Å²) in [5.41, 5.74) is 2.21. The molecule has 0 saturated heterocycles. The van der Waals surface area contributed by atoms with E-state index in [9.17, 15) is 0 Å². The van der Waals surface area contributed by atoms with Gasteiger partial charge in [0.15, 0.2) is 0 Å². The van der Waals surface area contributed by atoms with Crippen LogP contribution in [-0.2, 0) is 6.54 Å². The van der Waals surface area contributed by atoms with Crippen LogP contribution in [0.15, 0.2) is 40.9 Å². The van der Waals surface area contributed by atoms with Gasteiger partial charge >= 0.3 is 0 Å². The summed E-state index contributed by atoms with van der Waals surface area (Å²) >= 11 is 9.33. The molecule has 0 aliphatic heterocycles. The van der Waals surface area contributed by atoms with Crippen LogP contribution in [0.2, 0.25) is 5.02 Å². The van der Waals surface area contributed by atoms with Gasteiger partial charge in [0.2, 0.25) is 0 Å². The lowest BCUT2D eigenvalue weighted by molar-refractivity contribution is 0.891. The number of hydrogen-bond acceptors (Lipinski definition) is 2. The fraction of sp³-hybridized carbons (Fsp3) is 0.214. The Morgan fingerprint density at radius 1 is 1.17 bits per heavy atom. The molecule has 2 aromatic rings. The minimum Gasteiger partial charge on any atom is -0.355 e. The van der Waals surface area contributed by atoms with E-state index in [0.717, 1.165) is 27.6 Å². The fourth-order valence-electron chi connectivity index (χ4n) is 1.69. The summed E-state index contributed by atoms with van der Waals surface area (Å²) in [5.74, 6) is 0.964. The van der Waals surface area contributed by atoms with Crippen molar-refractivity contribution in [1.29, 1.82) is 0 Å². The van der Waals surface area contributed by atoms with Crippen LogP contribution in [0.3, 0.4) is 0 Å². The highest BCUT2D eigenvalue weighted by molar-refractivity contribution is 9.10. The van der Waals surface area contributed by atoms with Gasteiger partial charge in [0.25, 0.3) is 0 Å². The average Bonchev–Trinajstić information content (AvgIpc) is 2.35. The monoisotopic (exact) mass is 324 g/mol. The summed E-state index contributed by atoms with van der Waals surface area (Å²) < 4.78 is 1.03. The molecule has 0 bridgehead atoms. The molecule has 0 aliphatic carbocycles. The zero-order valence-electron chi connectivity index (χ0n) is 10.3. The van der Waals surface area contributed by atoms with Crippen molar-refractivity contribution in [1.82, 2.24) is 4.98 Å². The highest BCUT2D eigenvalue weighted by Crippen LogP contribution is 2.20. The fourth-order valence-corrected chi connectivity index (χ4v) is 2.03. The molecule has 1 aromatic carbocycles. The molecule has 0 fully saturated rings. The lowest BCUT2D eigenvalue weighted by Crippen LogP contribution is -2.17. The Morgan fingerprint density at radius 2 is 1.83 bits per heavy atom. The van der Waals surface area contributed by atoms with Gasteiger partial charge < -0.3 is 4.90 Å². The topological polar surface area (TPSA) is 16.1 Å². The largest absolute Gasteiger partial charge is 0.355 e. The van der Waals surface area contributed by atoms with E-state index in [1.54, 1.807) is 0 Å². The van der Waals surface area contributed by atoms with Crippen LogP contribution in [0.1, 0.15) is 11.3 Å². The maximum absolute atomic E-state index is 5.87. The highest BCUT2D eigenvalue weighted by Gasteiger charge is 2.05. The molecule has 2 rings (SSSR count). The zero-order valence-corrected chi connectivity index (χ0v) is 12.7. The van der Waals surface area contributed by atoms with E-state index in [0.29, 0.717) is 0 Å². The minimum atomic E-state index is 0.763. The van der Waals surface area contributed by atoms with E-state index in [2.05, 4.69) is 25.8 Å². The third-order valence-corrected chi connectivity index (χ3v) is 3.82. The molecule has 18 heavy (non-hydrogen) atoms. The molecule has 94 valence electrons. The lowest BCUT2D eigenvalue weighted by Gasteiger charge is -2.19. The summed E-state index contributed by atoms with van der Waals surface area (Å²) in [6, 6.07) is 11.9. The number of aryl methyl sites for hydroxylation is 1. The smallest absolute Gasteiger partial charge is 0.128 e. The third-order valence-electron chi connectivity index (χ3n) is 2.73. The van der Waals surface area contributed by atoms with E-state index in [1.165, 1.54) is 5.56 Å². The van der Waals surface area contributed by atoms with Crippen molar-refractivity contribution in [2.24, 2.45) is 0 Å². The standard InChI is InChI=1S/C14H14BrClN2/c1-10-13(15)7-8-14(17-10)18(2)9-11-3-5-12(16)6-4-11/h3-8H,9H2,1-2H3. The molecule has 1 aromatic heterocycles. The Labute approximate surface area is 121 Å². The number of aromatic nitrogens is 1. The van der Waals surface area contributed by atoms with Crippen LogP contribution in [-0.4, -0.2) is 12.0 Å². The second-order valence-electron chi connectivity index (χ2n) is 4.22. The minimum absolute atomic E-state index is 0.763. The van der Waals surface area contributed by atoms with E-state index in [-0.39, 0.29) is 0 Å². The van der Waals surface area contributed by atoms with E-state index in [4.69, 9.17) is 11.6 Å². The number of anilines is 1. The Kier molecular flexibility index (Phi) is 4.25. The van der Waals surface area contributed by atoms with Crippen LogP contribution in [0.4, 0.5) is 5.82 Å². The molecule has 2 nitrogen and oxygen atoms in total. The van der Waals surface area contributed by atoms with Gasteiger partial charge in [0.05, 0.1) is 5.69 Å². The van der Waals surface area contributed by atoms with Crippen molar-refractivity contribution < 1.29 is 0 Å². The van der Waals surface area contributed by atoms with Crippen molar-refractivity contribution in [3.63, 3.8) is 0 Å². The second-order valence-corrected chi connectivity index (χ2v) is 5.51. The molecule has 0 radical (unpaired) electrons. The maximum atomic E-state index is 5.87. The SMILES string of the molecule is Cc1nc(N(C)Cc2ccc(Cl)cc2)ccc1Br. The highest BCUT2D eigenvalue weighted by atomic mass is 79.9. The molecule has 0 atom stereocenters. The summed E-state index contributed by atoms with van der Waals surface area (Å²) in [6.07, 6.45) is 0. The third kappa shape index (κ3) is 3.24. The summed E-state index contributed by atoms with van der Waals surface area (Å²) in [4.78, 5) is 6.65. The van der Waals surface area contributed by atoms with Crippen molar-refractivity contribution in [2.45, 2.75) is 13.5 Å². The number of nitrogens with zero attached hydrogens (tertiary/aromatic N) is 2. The predicted octanol–water partition coefficient (Wildman–Crippen LogP) is 4.44. The Bertz CT molecular complexity index is 540. The van der Waals surface area contributed by atoms with Gasteiger partial charge in [-0.3, -0.25) is 0 Å². The molecule has 1 heterocycles. The van der Waals surface area contributed by atoms with E-state index in [1.807, 2.05) is 50.4 Å². The van der Waals surface area contributed by atoms with Gasteiger partial charge in [-0.05, 0) is 52.7 Å². The van der Waals surface area contributed by atoms with E-state index < -0.39 is 0 Å². The second kappa shape index (κ2) is 5.72. The molecular weight excluding hydrogens is 312 g/mol. The van der Waals surface area contributed by atoms with Gasteiger partial charge in [-0.15, -0.1) is 0 Å². The first kappa shape index (κ1) is 13.4. The lowest BCUT2D eigenvalue weighted by atomic mass is 10.2. The number of rotatable bonds is 3. The molecule has 0 unspecified atom stereocenters. The normalized spacial score (nSPS) is 10.4. The van der Waals surface area contributed by atoms with Gasteiger partial charge in [-0.1, -0.05) is 23.7 Å². The molecule has 0 spiro atoms. The van der Waals surface area contributed by atoms with Gasteiger partial charge in [0, 0.05) is 23.1 Å². The number of benzene rings is 1. The van der Waals surface area contributed by atoms with Crippen molar-refractivity contribution in [3.05, 3.63) is 57.2 Å². The molecule has 0 amide bonds. The summed E-state index contributed by atoms with van der Waals surface area (Å²) in [7, 11) is 2.03. The number of hydrogen-bond donors (Lipinski definition) is 0. The molecular formula is C14H14BrClN2. The van der Waals surface area contributed by atoms with Crippen molar-refractivity contribution in [3.8, 4) is 0 Å². The van der Waals surface area contributed by atoms with Crippen LogP contribution < -0.4 is 4.90 Å². The van der Waals surface area contributed by atoms with Gasteiger partial charge in [-0.2, -0.15) is 0 Å². The van der Waals surface area contributed by atoms with Crippen LogP contribution in [0, 0.1) is 6.92 Å². The predicted molar refractivity (Wildman–Crippen MR) is 80.2 cm³/mol. The van der Waals surface area contributed by atoms with Crippen LogP contribution in [0.25, 0.3) is 0 Å². The number of pyridine rings is 1. The molecule has 4 heteroatoms. The summed E-state index contributed by atoms with van der Waals surface area (Å²) in [5, 5.41) is 0.763. The Morgan fingerprint density at radius 3 is 2.44 bits per heavy atom.